The van der Waals surface area contributed by atoms with Gasteiger partial charge in [-0.05, 0) is 54.3 Å². The Hall–Kier alpha value is -3.39. The number of hydrogen-bond donors (Lipinski definition) is 0. The van der Waals surface area contributed by atoms with Crippen molar-refractivity contribution in [1.82, 2.24) is 9.38 Å². The largest absolute Gasteiger partial charge is 0.573 e. The minimum atomic E-state index is -4.78. The van der Waals surface area contributed by atoms with Crippen LogP contribution in [0.4, 0.5) is 13.2 Å². The molecule has 158 valence electrons. The summed E-state index contributed by atoms with van der Waals surface area (Å²) in [5.74, 6) is -0.353. The van der Waals surface area contributed by atoms with Crippen LogP contribution >= 0.6 is 11.3 Å². The number of rotatable bonds is 4. The third-order valence-electron chi connectivity index (χ3n) is 4.94. The fourth-order valence-electron chi connectivity index (χ4n) is 3.23. The van der Waals surface area contributed by atoms with Crippen molar-refractivity contribution in [2.45, 2.75) is 20.2 Å². The van der Waals surface area contributed by atoms with Crippen LogP contribution in [-0.2, 0) is 0 Å². The molecule has 0 fully saturated rings. The second kappa shape index (κ2) is 8.03. The quantitative estimate of drug-likeness (QED) is 0.383. The van der Waals surface area contributed by atoms with Crippen molar-refractivity contribution in [1.29, 1.82) is 0 Å². The Morgan fingerprint density at radius 3 is 2.52 bits per heavy atom. The van der Waals surface area contributed by atoms with E-state index in [1.54, 1.807) is 17.7 Å². The molecule has 0 aliphatic rings. The standard InChI is InChI=1S/C23H17F3N2O2S/c1-14-4-3-5-16(15(14)2)8-11-19-20(21(29)28-12-13-31-22(28)27-19)17-6-9-18(10-7-17)30-23(24,25)26/h3-13H,1-2H3/b11-8+. The molecule has 0 aliphatic heterocycles. The Morgan fingerprint density at radius 1 is 1.06 bits per heavy atom. The summed E-state index contributed by atoms with van der Waals surface area (Å²) in [7, 11) is 0. The fourth-order valence-corrected chi connectivity index (χ4v) is 3.95. The van der Waals surface area contributed by atoms with E-state index in [1.165, 1.54) is 40.0 Å². The van der Waals surface area contributed by atoms with Gasteiger partial charge in [0.1, 0.15) is 5.75 Å². The minimum absolute atomic E-state index is 0.295. The topological polar surface area (TPSA) is 43.6 Å². The van der Waals surface area contributed by atoms with Crippen molar-refractivity contribution in [3.63, 3.8) is 0 Å². The number of thiazole rings is 1. The van der Waals surface area contributed by atoms with Crippen LogP contribution < -0.4 is 10.3 Å². The number of nitrogens with zero attached hydrogens (tertiary/aromatic N) is 2. The van der Waals surface area contributed by atoms with Gasteiger partial charge in [-0.15, -0.1) is 24.5 Å². The van der Waals surface area contributed by atoms with Crippen molar-refractivity contribution in [2.75, 3.05) is 0 Å². The summed E-state index contributed by atoms with van der Waals surface area (Å²) in [5.41, 5.74) is 4.15. The first-order valence-electron chi connectivity index (χ1n) is 9.33. The summed E-state index contributed by atoms with van der Waals surface area (Å²) in [6, 6.07) is 11.2. The molecule has 2 aromatic heterocycles. The molecule has 0 radical (unpaired) electrons. The van der Waals surface area contributed by atoms with E-state index in [0.29, 0.717) is 21.8 Å². The van der Waals surface area contributed by atoms with Crippen LogP contribution in [-0.4, -0.2) is 15.7 Å². The van der Waals surface area contributed by atoms with Crippen molar-refractivity contribution >= 4 is 28.4 Å². The summed E-state index contributed by atoms with van der Waals surface area (Å²) < 4.78 is 42.7. The van der Waals surface area contributed by atoms with Crippen LogP contribution in [0.15, 0.2) is 58.8 Å². The molecular weight excluding hydrogens is 425 g/mol. The third kappa shape index (κ3) is 4.39. The van der Waals surface area contributed by atoms with Crippen LogP contribution in [0.1, 0.15) is 22.4 Å². The predicted molar refractivity (Wildman–Crippen MR) is 116 cm³/mol. The van der Waals surface area contributed by atoms with Crippen LogP contribution in [0.5, 0.6) is 5.75 Å². The minimum Gasteiger partial charge on any atom is -0.406 e. The molecule has 0 unspecified atom stereocenters. The Bertz CT molecular complexity index is 1340. The summed E-state index contributed by atoms with van der Waals surface area (Å²) in [4.78, 5) is 18.3. The van der Waals surface area contributed by atoms with Gasteiger partial charge in [0.2, 0.25) is 0 Å². The molecule has 2 aromatic carbocycles. The zero-order valence-electron chi connectivity index (χ0n) is 16.6. The maximum absolute atomic E-state index is 13.1. The molecule has 0 spiro atoms. The third-order valence-corrected chi connectivity index (χ3v) is 5.69. The lowest BCUT2D eigenvalue weighted by molar-refractivity contribution is -0.274. The van der Waals surface area contributed by atoms with E-state index in [4.69, 9.17) is 0 Å². The molecule has 31 heavy (non-hydrogen) atoms. The number of aryl methyl sites for hydroxylation is 1. The summed E-state index contributed by atoms with van der Waals surface area (Å²) in [5, 5.41) is 1.76. The number of aromatic nitrogens is 2. The molecule has 0 amide bonds. The number of alkyl halides is 3. The number of fused-ring (bicyclic) bond motifs is 1. The Morgan fingerprint density at radius 2 is 1.81 bits per heavy atom. The molecule has 0 atom stereocenters. The Kier molecular flexibility index (Phi) is 5.41. The van der Waals surface area contributed by atoms with E-state index in [-0.39, 0.29) is 11.3 Å². The number of benzene rings is 2. The van der Waals surface area contributed by atoms with Gasteiger partial charge in [0, 0.05) is 11.6 Å². The van der Waals surface area contributed by atoms with E-state index in [9.17, 15) is 18.0 Å². The normalized spacial score (nSPS) is 12.0. The van der Waals surface area contributed by atoms with Crippen LogP contribution in [0.25, 0.3) is 28.2 Å². The van der Waals surface area contributed by atoms with Gasteiger partial charge in [0.15, 0.2) is 4.96 Å². The first kappa shape index (κ1) is 20.9. The maximum atomic E-state index is 13.1. The molecule has 4 nitrogen and oxygen atoms in total. The van der Waals surface area contributed by atoms with E-state index >= 15 is 0 Å². The molecule has 0 aliphatic carbocycles. The highest BCUT2D eigenvalue weighted by atomic mass is 32.1. The molecule has 4 aromatic rings. The smallest absolute Gasteiger partial charge is 0.406 e. The highest BCUT2D eigenvalue weighted by molar-refractivity contribution is 7.15. The average molecular weight is 442 g/mol. The summed E-state index contributed by atoms with van der Waals surface area (Å²) >= 11 is 1.33. The highest BCUT2D eigenvalue weighted by Crippen LogP contribution is 2.28. The monoisotopic (exact) mass is 442 g/mol. The SMILES string of the molecule is Cc1cccc(/C=C/c2nc3sccn3c(=O)c2-c2ccc(OC(F)(F)F)cc2)c1C. The van der Waals surface area contributed by atoms with Crippen molar-refractivity contribution in [2.24, 2.45) is 0 Å². The molecule has 0 bridgehead atoms. The van der Waals surface area contributed by atoms with Crippen LogP contribution in [0.2, 0.25) is 0 Å². The van der Waals surface area contributed by atoms with Crippen molar-refractivity contribution < 1.29 is 17.9 Å². The molecule has 0 saturated heterocycles. The van der Waals surface area contributed by atoms with Gasteiger partial charge in [-0.1, -0.05) is 36.4 Å². The van der Waals surface area contributed by atoms with Gasteiger partial charge in [-0.2, -0.15) is 0 Å². The second-order valence-corrected chi connectivity index (χ2v) is 7.80. The molecular formula is C23H17F3N2O2S. The molecule has 0 saturated carbocycles. The van der Waals surface area contributed by atoms with Gasteiger partial charge in [0.25, 0.3) is 5.56 Å². The van der Waals surface area contributed by atoms with Crippen LogP contribution in [0, 0.1) is 13.8 Å². The van der Waals surface area contributed by atoms with Gasteiger partial charge in [-0.25, -0.2) is 4.98 Å². The second-order valence-electron chi connectivity index (χ2n) is 6.93. The molecule has 4 rings (SSSR count). The zero-order chi connectivity index (χ0) is 22.2. The summed E-state index contributed by atoms with van der Waals surface area (Å²) in [6.07, 6.45) is 0.493. The average Bonchev–Trinajstić information content (AvgIpc) is 3.18. The van der Waals surface area contributed by atoms with Crippen molar-refractivity contribution in [3.8, 4) is 16.9 Å². The Labute approximate surface area is 179 Å². The van der Waals surface area contributed by atoms with E-state index in [0.717, 1.165) is 16.7 Å². The first-order chi connectivity index (χ1) is 14.7. The van der Waals surface area contributed by atoms with E-state index < -0.39 is 6.36 Å². The van der Waals surface area contributed by atoms with Crippen LogP contribution in [0.3, 0.4) is 0 Å². The lowest BCUT2D eigenvalue weighted by Gasteiger charge is -2.10. The highest BCUT2D eigenvalue weighted by Gasteiger charge is 2.31. The molecule has 0 N–H and O–H groups in total. The van der Waals surface area contributed by atoms with E-state index in [2.05, 4.69) is 9.72 Å². The number of hydrogen-bond acceptors (Lipinski definition) is 4. The van der Waals surface area contributed by atoms with Gasteiger partial charge >= 0.3 is 6.36 Å². The van der Waals surface area contributed by atoms with Gasteiger partial charge < -0.3 is 4.74 Å². The lowest BCUT2D eigenvalue weighted by atomic mass is 10.0. The fraction of sp³-hybridized carbons (Fsp3) is 0.130. The molecule has 2 heterocycles. The number of ether oxygens (including phenoxy) is 1. The Balaban J connectivity index is 1.82. The van der Waals surface area contributed by atoms with Gasteiger partial charge in [0.05, 0.1) is 11.3 Å². The predicted octanol–water partition coefficient (Wildman–Crippen LogP) is 6.11. The zero-order valence-corrected chi connectivity index (χ0v) is 17.4. The summed E-state index contributed by atoms with van der Waals surface area (Å²) in [6.45, 7) is 4.03. The van der Waals surface area contributed by atoms with Crippen molar-refractivity contribution in [3.05, 3.63) is 86.8 Å². The maximum Gasteiger partial charge on any atom is 0.573 e. The van der Waals surface area contributed by atoms with Gasteiger partial charge in [-0.3, -0.25) is 9.20 Å². The molecule has 8 heteroatoms. The first-order valence-corrected chi connectivity index (χ1v) is 10.2. The van der Waals surface area contributed by atoms with E-state index in [1.807, 2.05) is 38.1 Å². The number of halogens is 3. The lowest BCUT2D eigenvalue weighted by Crippen LogP contribution is -2.18.